The van der Waals surface area contributed by atoms with Gasteiger partial charge in [0.05, 0.1) is 10.6 Å². The summed E-state index contributed by atoms with van der Waals surface area (Å²) in [6.07, 6.45) is 0. The molecule has 1 aliphatic heterocycles. The van der Waals surface area contributed by atoms with Crippen molar-refractivity contribution in [3.05, 3.63) is 65.7 Å². The fourth-order valence-corrected chi connectivity index (χ4v) is 6.72. The molecule has 1 heterocycles. The highest BCUT2D eigenvalue weighted by Gasteiger charge is 2.30. The second kappa shape index (κ2) is 10.2. The van der Waals surface area contributed by atoms with Gasteiger partial charge in [-0.1, -0.05) is 55.0 Å². The average molecular weight is 466 g/mol. The third kappa shape index (κ3) is 6.14. The summed E-state index contributed by atoms with van der Waals surface area (Å²) in [6.45, 7) is 6.01. The number of rotatable bonds is 9. The Labute approximate surface area is 186 Å². The number of aryl methyl sites for hydroxylation is 1. The van der Waals surface area contributed by atoms with Crippen LogP contribution in [-0.4, -0.2) is 70.5 Å². The van der Waals surface area contributed by atoms with E-state index in [0.29, 0.717) is 26.2 Å². The van der Waals surface area contributed by atoms with E-state index in [9.17, 15) is 16.8 Å². The van der Waals surface area contributed by atoms with E-state index in [4.69, 9.17) is 0 Å². The molecule has 9 heteroatoms. The Balaban J connectivity index is 1.83. The molecule has 0 unspecified atom stereocenters. The maximum atomic E-state index is 13.4. The predicted molar refractivity (Wildman–Crippen MR) is 123 cm³/mol. The maximum absolute atomic E-state index is 13.4. The van der Waals surface area contributed by atoms with Crippen molar-refractivity contribution in [1.82, 2.24) is 13.9 Å². The number of nitrogens with one attached hydrogen (secondary N) is 1. The highest BCUT2D eigenvalue weighted by molar-refractivity contribution is 7.90. The first-order valence-electron chi connectivity index (χ1n) is 10.5. The second-order valence-corrected chi connectivity index (χ2v) is 12.0. The van der Waals surface area contributed by atoms with Gasteiger partial charge in [0.2, 0.25) is 20.0 Å². The topological polar surface area (TPSA) is 86.8 Å². The van der Waals surface area contributed by atoms with Crippen molar-refractivity contribution in [3.63, 3.8) is 0 Å². The molecule has 31 heavy (non-hydrogen) atoms. The molecule has 1 saturated heterocycles. The maximum Gasteiger partial charge on any atom is 0.243 e. The Bertz CT molecular complexity index is 1050. The van der Waals surface area contributed by atoms with Crippen LogP contribution in [0.1, 0.15) is 24.0 Å². The van der Waals surface area contributed by atoms with E-state index in [1.807, 2.05) is 44.2 Å². The Morgan fingerprint density at radius 1 is 0.968 bits per heavy atom. The number of benzene rings is 2. The zero-order chi connectivity index (χ0) is 22.5. The summed E-state index contributed by atoms with van der Waals surface area (Å²) in [5, 5.41) is 3.13. The molecule has 0 bridgehead atoms. The number of piperazine rings is 1. The Hall–Kier alpha value is -1.78. The molecule has 170 valence electrons. The summed E-state index contributed by atoms with van der Waals surface area (Å²) in [5.74, 6) is -0.317. The van der Waals surface area contributed by atoms with Gasteiger partial charge in [-0.3, -0.25) is 0 Å². The van der Waals surface area contributed by atoms with Gasteiger partial charge in [0.1, 0.15) is 0 Å². The summed E-state index contributed by atoms with van der Waals surface area (Å²) in [7, 11) is -7.38. The first-order chi connectivity index (χ1) is 14.7. The smallest absolute Gasteiger partial charge is 0.243 e. The van der Waals surface area contributed by atoms with Gasteiger partial charge < -0.3 is 5.32 Å². The molecule has 0 radical (unpaired) electrons. The fraction of sp³-hybridized carbons (Fsp3) is 0.455. The van der Waals surface area contributed by atoms with Crippen LogP contribution in [0.25, 0.3) is 0 Å². The van der Waals surface area contributed by atoms with Gasteiger partial charge in [0.15, 0.2) is 0 Å². The third-order valence-corrected chi connectivity index (χ3v) is 9.30. The van der Waals surface area contributed by atoms with Gasteiger partial charge in [-0.2, -0.15) is 8.61 Å². The van der Waals surface area contributed by atoms with Crippen molar-refractivity contribution in [3.8, 4) is 0 Å². The van der Waals surface area contributed by atoms with E-state index < -0.39 is 20.0 Å². The van der Waals surface area contributed by atoms with Gasteiger partial charge >= 0.3 is 0 Å². The van der Waals surface area contributed by atoms with Crippen molar-refractivity contribution in [2.24, 2.45) is 0 Å². The predicted octanol–water partition coefficient (Wildman–Crippen LogP) is 2.02. The lowest BCUT2D eigenvalue weighted by Crippen LogP contribution is -2.48. The highest BCUT2D eigenvalue weighted by atomic mass is 32.2. The highest BCUT2D eigenvalue weighted by Crippen LogP contribution is 2.22. The number of hydrogen-bond acceptors (Lipinski definition) is 5. The first kappa shape index (κ1) is 23.9. The average Bonchev–Trinajstić information content (AvgIpc) is 2.78. The van der Waals surface area contributed by atoms with Gasteiger partial charge in [-0.25, -0.2) is 16.8 Å². The molecule has 1 N–H and O–H groups in total. The van der Waals surface area contributed by atoms with Crippen LogP contribution in [0, 0.1) is 6.92 Å². The van der Waals surface area contributed by atoms with Crippen LogP contribution in [0.5, 0.6) is 0 Å². The van der Waals surface area contributed by atoms with Crippen LogP contribution in [-0.2, 0) is 20.0 Å². The standard InChI is InChI=1S/C22H31N3O4S2/c1-19-8-10-22(11-9-19)31(28,29)25(18-20(2)21-6-4-3-5-7-21)16-17-30(26,27)24-14-12-23-13-15-24/h3-11,20,23H,12-18H2,1-2H3/t20-/m0/s1. The molecule has 0 saturated carbocycles. The van der Waals surface area contributed by atoms with E-state index in [1.165, 1.54) is 8.61 Å². The molecule has 2 aromatic rings. The van der Waals surface area contributed by atoms with Crippen LogP contribution < -0.4 is 5.32 Å². The van der Waals surface area contributed by atoms with Crippen molar-refractivity contribution in [2.75, 3.05) is 45.0 Å². The van der Waals surface area contributed by atoms with Gasteiger partial charge in [0, 0.05) is 39.3 Å². The van der Waals surface area contributed by atoms with E-state index in [1.54, 1.807) is 24.3 Å². The number of nitrogens with zero attached hydrogens (tertiary/aromatic N) is 2. The summed E-state index contributed by atoms with van der Waals surface area (Å²) in [4.78, 5) is 0.179. The van der Waals surface area contributed by atoms with Gasteiger partial charge in [-0.15, -0.1) is 0 Å². The number of sulfonamides is 2. The van der Waals surface area contributed by atoms with Crippen molar-refractivity contribution in [1.29, 1.82) is 0 Å². The minimum Gasteiger partial charge on any atom is -0.314 e. The Morgan fingerprint density at radius 2 is 1.58 bits per heavy atom. The molecule has 2 aromatic carbocycles. The van der Waals surface area contributed by atoms with Crippen LogP contribution in [0.2, 0.25) is 0 Å². The zero-order valence-electron chi connectivity index (χ0n) is 18.1. The molecule has 0 spiro atoms. The lowest BCUT2D eigenvalue weighted by atomic mass is 10.0. The van der Waals surface area contributed by atoms with Gasteiger partial charge in [-0.05, 0) is 30.5 Å². The van der Waals surface area contributed by atoms with Crippen molar-refractivity contribution < 1.29 is 16.8 Å². The molecule has 1 fully saturated rings. The molecular weight excluding hydrogens is 434 g/mol. The van der Waals surface area contributed by atoms with E-state index in [0.717, 1.165) is 11.1 Å². The molecule has 0 aliphatic carbocycles. The summed E-state index contributed by atoms with van der Waals surface area (Å²) in [5.41, 5.74) is 1.97. The van der Waals surface area contributed by atoms with E-state index in [2.05, 4.69) is 5.32 Å². The monoisotopic (exact) mass is 465 g/mol. The second-order valence-electron chi connectivity index (χ2n) is 7.95. The first-order valence-corrected chi connectivity index (χ1v) is 13.6. The van der Waals surface area contributed by atoms with Crippen LogP contribution in [0.3, 0.4) is 0 Å². The zero-order valence-corrected chi connectivity index (χ0v) is 19.7. The normalized spacial score (nSPS) is 17.0. The molecule has 3 rings (SSSR count). The molecule has 0 amide bonds. The van der Waals surface area contributed by atoms with E-state index >= 15 is 0 Å². The summed E-state index contributed by atoms with van der Waals surface area (Å²) < 4.78 is 55.2. The molecule has 0 aromatic heterocycles. The minimum absolute atomic E-state index is 0.0803. The SMILES string of the molecule is Cc1ccc(S(=O)(=O)N(CCS(=O)(=O)N2CCNCC2)C[C@H](C)c2ccccc2)cc1. The molecule has 1 atom stereocenters. The van der Waals surface area contributed by atoms with Crippen LogP contribution >= 0.6 is 0 Å². The largest absolute Gasteiger partial charge is 0.314 e. The third-order valence-electron chi connectivity index (χ3n) is 5.57. The summed E-state index contributed by atoms with van der Waals surface area (Å²) >= 11 is 0. The Morgan fingerprint density at radius 3 is 2.19 bits per heavy atom. The minimum atomic E-state index is -3.84. The molecule has 7 nitrogen and oxygen atoms in total. The van der Waals surface area contributed by atoms with Crippen molar-refractivity contribution >= 4 is 20.0 Å². The molecule has 1 aliphatic rings. The summed E-state index contributed by atoms with van der Waals surface area (Å²) in [6, 6.07) is 16.3. The fourth-order valence-electron chi connectivity index (χ4n) is 3.63. The van der Waals surface area contributed by atoms with Crippen LogP contribution in [0.15, 0.2) is 59.5 Å². The lowest BCUT2D eigenvalue weighted by Gasteiger charge is -2.29. The quantitative estimate of drug-likeness (QED) is 0.612. The van der Waals surface area contributed by atoms with Gasteiger partial charge in [0.25, 0.3) is 0 Å². The number of hydrogen-bond donors (Lipinski definition) is 1. The lowest BCUT2D eigenvalue weighted by molar-refractivity contribution is 0.354. The van der Waals surface area contributed by atoms with E-state index in [-0.39, 0.29) is 29.7 Å². The Kier molecular flexibility index (Phi) is 7.87. The van der Waals surface area contributed by atoms with Crippen molar-refractivity contribution in [2.45, 2.75) is 24.7 Å². The van der Waals surface area contributed by atoms with Crippen LogP contribution in [0.4, 0.5) is 0 Å². The molecular formula is C22H31N3O4S2.